The number of benzene rings is 1. The van der Waals surface area contributed by atoms with Gasteiger partial charge < -0.3 is 10.6 Å². The molecule has 0 radical (unpaired) electrons. The summed E-state index contributed by atoms with van der Waals surface area (Å²) in [6.07, 6.45) is 2.12. The highest BCUT2D eigenvalue weighted by molar-refractivity contribution is 5.55. The van der Waals surface area contributed by atoms with Gasteiger partial charge in [-0.2, -0.15) is 0 Å². The molecule has 1 aromatic rings. The second kappa shape index (κ2) is 7.49. The number of halogens is 1. The molecule has 108 valence electrons. The molecule has 0 atom stereocenters. The zero-order chi connectivity index (χ0) is 14.4. The van der Waals surface area contributed by atoms with Crippen LogP contribution in [0.1, 0.15) is 46.1 Å². The summed E-state index contributed by atoms with van der Waals surface area (Å²) in [6.45, 7) is 9.93. The molecule has 0 bridgehead atoms. The minimum atomic E-state index is -0.195. The third kappa shape index (κ3) is 3.93. The van der Waals surface area contributed by atoms with E-state index in [2.05, 4.69) is 32.6 Å². The van der Waals surface area contributed by atoms with E-state index in [4.69, 9.17) is 5.73 Å². The monoisotopic (exact) mass is 266 g/mol. The van der Waals surface area contributed by atoms with Gasteiger partial charge in [0.2, 0.25) is 0 Å². The molecule has 19 heavy (non-hydrogen) atoms. The highest BCUT2D eigenvalue weighted by atomic mass is 19.1. The van der Waals surface area contributed by atoms with Gasteiger partial charge in [0.25, 0.3) is 0 Å². The van der Waals surface area contributed by atoms with Gasteiger partial charge in [0.05, 0.1) is 0 Å². The Morgan fingerprint density at radius 2 is 1.84 bits per heavy atom. The number of hydrogen-bond donors (Lipinski definition) is 1. The molecule has 0 aliphatic rings. The van der Waals surface area contributed by atoms with Crippen LogP contribution in [0.5, 0.6) is 0 Å². The molecular weight excluding hydrogens is 239 g/mol. The van der Waals surface area contributed by atoms with Crippen molar-refractivity contribution in [2.75, 3.05) is 11.4 Å². The summed E-state index contributed by atoms with van der Waals surface area (Å²) in [5, 5.41) is 0. The van der Waals surface area contributed by atoms with Crippen LogP contribution in [0.3, 0.4) is 0 Å². The predicted octanol–water partition coefficient (Wildman–Crippen LogP) is 3.94. The van der Waals surface area contributed by atoms with Crippen molar-refractivity contribution >= 4 is 5.69 Å². The Hall–Kier alpha value is -1.09. The standard InChI is InChI=1S/C16H27FN2/c1-5-13(6-2)19(11-12(3)4)16-9-7-8-15(17)14(16)10-18/h7-9,12-13H,5-6,10-11,18H2,1-4H3. The van der Waals surface area contributed by atoms with E-state index >= 15 is 0 Å². The Balaban J connectivity index is 3.19. The van der Waals surface area contributed by atoms with Crippen molar-refractivity contribution in [3.8, 4) is 0 Å². The van der Waals surface area contributed by atoms with E-state index in [1.54, 1.807) is 6.07 Å². The average molecular weight is 266 g/mol. The lowest BCUT2D eigenvalue weighted by atomic mass is 10.0. The van der Waals surface area contributed by atoms with Gasteiger partial charge in [-0.05, 0) is 30.9 Å². The van der Waals surface area contributed by atoms with E-state index < -0.39 is 0 Å². The Morgan fingerprint density at radius 1 is 1.21 bits per heavy atom. The SMILES string of the molecule is CCC(CC)N(CC(C)C)c1cccc(F)c1CN. The molecule has 0 aromatic heterocycles. The van der Waals surface area contributed by atoms with Gasteiger partial charge >= 0.3 is 0 Å². The summed E-state index contributed by atoms with van der Waals surface area (Å²) in [4.78, 5) is 2.33. The number of hydrogen-bond acceptors (Lipinski definition) is 2. The van der Waals surface area contributed by atoms with Gasteiger partial charge in [-0.25, -0.2) is 4.39 Å². The van der Waals surface area contributed by atoms with Gasteiger partial charge in [0, 0.05) is 30.4 Å². The summed E-state index contributed by atoms with van der Waals surface area (Å²) >= 11 is 0. The molecule has 0 unspecified atom stereocenters. The molecule has 2 N–H and O–H groups in total. The molecule has 0 heterocycles. The molecule has 1 aromatic carbocycles. The minimum absolute atomic E-state index is 0.195. The molecule has 0 saturated carbocycles. The maximum atomic E-state index is 13.9. The van der Waals surface area contributed by atoms with Crippen LogP contribution in [-0.2, 0) is 6.54 Å². The van der Waals surface area contributed by atoms with Crippen molar-refractivity contribution in [2.24, 2.45) is 11.7 Å². The second-order valence-electron chi connectivity index (χ2n) is 5.46. The topological polar surface area (TPSA) is 29.3 Å². The van der Waals surface area contributed by atoms with Crippen molar-refractivity contribution in [1.82, 2.24) is 0 Å². The van der Waals surface area contributed by atoms with Crippen molar-refractivity contribution < 1.29 is 4.39 Å². The molecular formula is C16H27FN2. The summed E-state index contributed by atoms with van der Waals surface area (Å²) in [6, 6.07) is 5.70. The molecule has 0 aliphatic carbocycles. The van der Waals surface area contributed by atoms with E-state index in [9.17, 15) is 4.39 Å². The zero-order valence-electron chi connectivity index (χ0n) is 12.6. The maximum absolute atomic E-state index is 13.9. The fraction of sp³-hybridized carbons (Fsp3) is 0.625. The van der Waals surface area contributed by atoms with Crippen LogP contribution >= 0.6 is 0 Å². The predicted molar refractivity (Wildman–Crippen MR) is 80.8 cm³/mol. The number of nitrogens with two attached hydrogens (primary N) is 1. The molecule has 0 spiro atoms. The lowest BCUT2D eigenvalue weighted by molar-refractivity contribution is 0.503. The van der Waals surface area contributed by atoms with Crippen molar-refractivity contribution in [3.63, 3.8) is 0 Å². The van der Waals surface area contributed by atoms with Gasteiger partial charge in [0.15, 0.2) is 0 Å². The van der Waals surface area contributed by atoms with Gasteiger partial charge in [-0.3, -0.25) is 0 Å². The van der Waals surface area contributed by atoms with Crippen molar-refractivity contribution in [1.29, 1.82) is 0 Å². The minimum Gasteiger partial charge on any atom is -0.368 e. The zero-order valence-corrected chi connectivity index (χ0v) is 12.6. The van der Waals surface area contributed by atoms with Crippen LogP contribution in [0.15, 0.2) is 18.2 Å². The third-order valence-corrected chi connectivity index (χ3v) is 3.55. The van der Waals surface area contributed by atoms with Crippen molar-refractivity contribution in [2.45, 2.75) is 53.1 Å². The third-order valence-electron chi connectivity index (χ3n) is 3.55. The highest BCUT2D eigenvalue weighted by Crippen LogP contribution is 2.27. The van der Waals surface area contributed by atoms with Crippen LogP contribution in [-0.4, -0.2) is 12.6 Å². The lowest BCUT2D eigenvalue weighted by Gasteiger charge is -2.35. The summed E-state index contributed by atoms with van der Waals surface area (Å²) in [7, 11) is 0. The summed E-state index contributed by atoms with van der Waals surface area (Å²) in [5.74, 6) is 0.342. The fourth-order valence-electron chi connectivity index (χ4n) is 2.59. The number of rotatable bonds is 7. The Bertz CT molecular complexity index is 386. The van der Waals surface area contributed by atoms with Gasteiger partial charge in [-0.15, -0.1) is 0 Å². The molecule has 2 nitrogen and oxygen atoms in total. The van der Waals surface area contributed by atoms with Crippen molar-refractivity contribution in [3.05, 3.63) is 29.6 Å². The Labute approximate surface area is 116 Å². The summed E-state index contributed by atoms with van der Waals surface area (Å²) < 4.78 is 13.9. The molecule has 0 amide bonds. The van der Waals surface area contributed by atoms with Crippen LogP contribution in [0.25, 0.3) is 0 Å². The first kappa shape index (κ1) is 16.0. The van der Waals surface area contributed by atoms with Gasteiger partial charge in [0.1, 0.15) is 5.82 Å². The quantitative estimate of drug-likeness (QED) is 0.810. The largest absolute Gasteiger partial charge is 0.368 e. The van der Waals surface area contributed by atoms with Gasteiger partial charge in [-0.1, -0.05) is 33.8 Å². The first-order valence-electron chi connectivity index (χ1n) is 7.29. The van der Waals surface area contributed by atoms with E-state index in [-0.39, 0.29) is 12.4 Å². The first-order chi connectivity index (χ1) is 9.04. The van der Waals surface area contributed by atoms with Crippen LogP contribution in [0.2, 0.25) is 0 Å². The molecule has 0 fully saturated rings. The van der Waals surface area contributed by atoms with Crippen LogP contribution in [0, 0.1) is 11.7 Å². The van der Waals surface area contributed by atoms with Crippen LogP contribution in [0.4, 0.5) is 10.1 Å². The Kier molecular flexibility index (Phi) is 6.29. The number of nitrogens with zero attached hydrogens (tertiary/aromatic N) is 1. The number of anilines is 1. The van der Waals surface area contributed by atoms with E-state index in [1.807, 2.05) is 6.07 Å². The van der Waals surface area contributed by atoms with E-state index in [1.165, 1.54) is 6.07 Å². The second-order valence-corrected chi connectivity index (χ2v) is 5.46. The van der Waals surface area contributed by atoms with E-state index in [0.717, 1.165) is 25.1 Å². The molecule has 0 aliphatic heterocycles. The normalized spacial score (nSPS) is 11.4. The smallest absolute Gasteiger partial charge is 0.129 e. The molecule has 0 saturated heterocycles. The fourth-order valence-corrected chi connectivity index (χ4v) is 2.59. The molecule has 1 rings (SSSR count). The highest BCUT2D eigenvalue weighted by Gasteiger charge is 2.20. The van der Waals surface area contributed by atoms with Crippen LogP contribution < -0.4 is 10.6 Å². The maximum Gasteiger partial charge on any atom is 0.129 e. The molecule has 3 heteroatoms. The summed E-state index contributed by atoms with van der Waals surface area (Å²) in [5.41, 5.74) is 7.33. The lowest BCUT2D eigenvalue weighted by Crippen LogP contribution is -2.38. The first-order valence-corrected chi connectivity index (χ1v) is 7.29. The Morgan fingerprint density at radius 3 is 2.32 bits per heavy atom. The van der Waals surface area contributed by atoms with E-state index in [0.29, 0.717) is 17.5 Å². The average Bonchev–Trinajstić information content (AvgIpc) is 2.38.